The van der Waals surface area contributed by atoms with Gasteiger partial charge in [-0.1, -0.05) is 60.1 Å². The van der Waals surface area contributed by atoms with Crippen molar-refractivity contribution in [1.29, 1.82) is 5.26 Å². The van der Waals surface area contributed by atoms with Gasteiger partial charge in [0.2, 0.25) is 5.43 Å². The van der Waals surface area contributed by atoms with Crippen LogP contribution in [0.25, 0.3) is 28.2 Å². The number of carbonyl (C=O) groups excluding carboxylic acids is 1. The molecule has 0 saturated carbocycles. The van der Waals surface area contributed by atoms with Crippen LogP contribution in [0.3, 0.4) is 0 Å². The fourth-order valence-electron chi connectivity index (χ4n) is 3.05. The number of rotatable bonds is 4. The van der Waals surface area contributed by atoms with Gasteiger partial charge >= 0.3 is 5.97 Å². The van der Waals surface area contributed by atoms with E-state index in [4.69, 9.17) is 20.8 Å². The normalized spacial score (nSPS) is 11.2. The summed E-state index contributed by atoms with van der Waals surface area (Å²) in [6.45, 7) is 0. The van der Waals surface area contributed by atoms with E-state index in [1.54, 1.807) is 48.5 Å². The lowest BCUT2D eigenvalue weighted by Gasteiger charge is -2.07. The van der Waals surface area contributed by atoms with Gasteiger partial charge in [-0.15, -0.1) is 0 Å². The second-order valence-corrected chi connectivity index (χ2v) is 6.99. The van der Waals surface area contributed by atoms with Gasteiger partial charge in [0.25, 0.3) is 0 Å². The second-order valence-electron chi connectivity index (χ2n) is 6.59. The van der Waals surface area contributed by atoms with Crippen molar-refractivity contribution in [3.05, 3.63) is 105 Å². The first-order valence-electron chi connectivity index (χ1n) is 9.26. The van der Waals surface area contributed by atoms with E-state index in [0.29, 0.717) is 27.1 Å². The van der Waals surface area contributed by atoms with Gasteiger partial charge in [0.1, 0.15) is 29.2 Å². The molecule has 0 saturated heterocycles. The summed E-state index contributed by atoms with van der Waals surface area (Å²) in [4.78, 5) is 25.3. The lowest BCUT2D eigenvalue weighted by Crippen LogP contribution is -2.10. The summed E-state index contributed by atoms with van der Waals surface area (Å²) in [5, 5.41) is 10.1. The van der Waals surface area contributed by atoms with Gasteiger partial charge in [0.05, 0.1) is 10.9 Å². The number of carbonyl (C=O) groups is 1. The first-order chi connectivity index (χ1) is 15.1. The number of halogens is 1. The Kier molecular flexibility index (Phi) is 5.65. The smallest absolute Gasteiger partial charge is 0.354 e. The van der Waals surface area contributed by atoms with E-state index in [2.05, 4.69) is 0 Å². The summed E-state index contributed by atoms with van der Waals surface area (Å²) < 4.78 is 10.9. The van der Waals surface area contributed by atoms with E-state index < -0.39 is 5.97 Å². The first-order valence-corrected chi connectivity index (χ1v) is 9.64. The number of esters is 1. The Morgan fingerprint density at radius 3 is 2.48 bits per heavy atom. The van der Waals surface area contributed by atoms with Crippen molar-refractivity contribution >= 4 is 34.6 Å². The molecule has 3 aromatic carbocycles. The molecular formula is C25H14ClNO4. The highest BCUT2D eigenvalue weighted by Gasteiger charge is 2.15. The molecule has 0 bridgehead atoms. The van der Waals surface area contributed by atoms with Gasteiger partial charge < -0.3 is 9.15 Å². The molecule has 0 fully saturated rings. The Morgan fingerprint density at radius 1 is 1.00 bits per heavy atom. The quantitative estimate of drug-likeness (QED) is 0.182. The first kappa shape index (κ1) is 20.1. The van der Waals surface area contributed by atoms with Crippen LogP contribution in [0, 0.1) is 11.3 Å². The maximum atomic E-state index is 12.9. The minimum absolute atomic E-state index is 0.151. The monoisotopic (exact) mass is 427 g/mol. The van der Waals surface area contributed by atoms with E-state index in [1.807, 2.05) is 12.1 Å². The van der Waals surface area contributed by atoms with Crippen LogP contribution in [0.4, 0.5) is 0 Å². The molecule has 4 rings (SSSR count). The summed E-state index contributed by atoms with van der Waals surface area (Å²) in [6.07, 6.45) is 2.77. The molecule has 0 aliphatic rings. The number of benzene rings is 3. The van der Waals surface area contributed by atoms with Gasteiger partial charge in [-0.3, -0.25) is 4.79 Å². The topological polar surface area (TPSA) is 80.3 Å². The van der Waals surface area contributed by atoms with E-state index in [9.17, 15) is 14.9 Å². The van der Waals surface area contributed by atoms with Crippen molar-refractivity contribution in [2.45, 2.75) is 0 Å². The highest BCUT2D eigenvalue weighted by molar-refractivity contribution is 6.33. The molecule has 0 aliphatic carbocycles. The maximum absolute atomic E-state index is 12.9. The summed E-state index contributed by atoms with van der Waals surface area (Å²) in [7, 11) is 0. The Bertz CT molecular complexity index is 1420. The van der Waals surface area contributed by atoms with Crippen molar-refractivity contribution in [2.75, 3.05) is 0 Å². The third kappa shape index (κ3) is 4.25. The highest BCUT2D eigenvalue weighted by atomic mass is 35.5. The standard InChI is InChI=1S/C25H14ClNO4/c26-22-9-5-4-8-19(22)21-15-30-23-13-18(10-11-20(23)24(21)28)31-25(29)17(14-27)12-16-6-2-1-3-7-16/h1-13,15H/b17-12+. The maximum Gasteiger partial charge on any atom is 0.354 e. The molecule has 0 spiro atoms. The summed E-state index contributed by atoms with van der Waals surface area (Å²) >= 11 is 6.20. The zero-order valence-electron chi connectivity index (χ0n) is 16.0. The van der Waals surface area contributed by atoms with Gasteiger partial charge in [0.15, 0.2) is 0 Å². The summed E-state index contributed by atoms with van der Waals surface area (Å²) in [5.41, 5.74) is 1.44. The molecular weight excluding hydrogens is 414 g/mol. The van der Waals surface area contributed by atoms with Crippen molar-refractivity contribution in [2.24, 2.45) is 0 Å². The number of hydrogen-bond donors (Lipinski definition) is 0. The number of ether oxygens (including phenoxy) is 1. The van der Waals surface area contributed by atoms with Crippen molar-refractivity contribution < 1.29 is 13.9 Å². The van der Waals surface area contributed by atoms with Crippen molar-refractivity contribution in [3.63, 3.8) is 0 Å². The average Bonchev–Trinajstić information content (AvgIpc) is 2.79. The predicted octanol–water partition coefficient (Wildman–Crippen LogP) is 5.63. The fraction of sp³-hybridized carbons (Fsp3) is 0. The van der Waals surface area contributed by atoms with E-state index >= 15 is 0 Å². The summed E-state index contributed by atoms with van der Waals surface area (Å²) in [5.74, 6) is -0.652. The van der Waals surface area contributed by atoms with Crippen LogP contribution in [0.5, 0.6) is 5.75 Å². The Balaban J connectivity index is 1.64. The van der Waals surface area contributed by atoms with Crippen molar-refractivity contribution in [3.8, 4) is 22.9 Å². The third-order valence-corrected chi connectivity index (χ3v) is 4.90. The van der Waals surface area contributed by atoms with Crippen LogP contribution in [0.15, 0.2) is 93.8 Å². The van der Waals surface area contributed by atoms with Crippen LogP contribution in [-0.4, -0.2) is 5.97 Å². The molecule has 5 nitrogen and oxygen atoms in total. The number of hydrogen-bond acceptors (Lipinski definition) is 5. The molecule has 0 aliphatic heterocycles. The van der Waals surface area contributed by atoms with Crippen LogP contribution in [-0.2, 0) is 4.79 Å². The van der Waals surface area contributed by atoms with Crippen LogP contribution >= 0.6 is 11.6 Å². The number of nitriles is 1. The van der Waals surface area contributed by atoms with Crippen LogP contribution in [0.2, 0.25) is 5.02 Å². The zero-order valence-corrected chi connectivity index (χ0v) is 16.8. The molecule has 0 N–H and O–H groups in total. The fourth-order valence-corrected chi connectivity index (χ4v) is 3.29. The molecule has 31 heavy (non-hydrogen) atoms. The number of fused-ring (bicyclic) bond motifs is 1. The second kappa shape index (κ2) is 8.70. The molecule has 150 valence electrons. The van der Waals surface area contributed by atoms with Crippen LogP contribution in [0.1, 0.15) is 5.56 Å². The third-order valence-electron chi connectivity index (χ3n) is 4.57. The van der Waals surface area contributed by atoms with Crippen LogP contribution < -0.4 is 10.2 Å². The van der Waals surface area contributed by atoms with Gasteiger partial charge in [-0.25, -0.2) is 4.79 Å². The van der Waals surface area contributed by atoms with E-state index in [0.717, 1.165) is 0 Å². The Morgan fingerprint density at radius 2 is 1.74 bits per heavy atom. The molecule has 1 heterocycles. The minimum atomic E-state index is -0.805. The van der Waals surface area contributed by atoms with E-state index in [-0.39, 0.29) is 22.3 Å². The lowest BCUT2D eigenvalue weighted by atomic mass is 10.1. The molecule has 0 atom stereocenters. The SMILES string of the molecule is N#C/C(=C\c1ccccc1)C(=O)Oc1ccc2c(=O)c(-c3ccccc3Cl)coc2c1. The van der Waals surface area contributed by atoms with E-state index in [1.165, 1.54) is 30.5 Å². The molecule has 6 heteroatoms. The molecule has 4 aromatic rings. The Hall–Kier alpha value is -4.14. The van der Waals surface area contributed by atoms with Crippen molar-refractivity contribution in [1.82, 2.24) is 0 Å². The van der Waals surface area contributed by atoms with Gasteiger partial charge in [0, 0.05) is 16.7 Å². The zero-order chi connectivity index (χ0) is 21.8. The molecule has 0 amide bonds. The van der Waals surface area contributed by atoms with Gasteiger partial charge in [-0.2, -0.15) is 5.26 Å². The van der Waals surface area contributed by atoms with Gasteiger partial charge in [-0.05, 0) is 29.8 Å². The highest BCUT2D eigenvalue weighted by Crippen LogP contribution is 2.28. The average molecular weight is 428 g/mol. The minimum Gasteiger partial charge on any atom is -0.463 e. The molecule has 0 unspecified atom stereocenters. The molecule has 1 aromatic heterocycles. The largest absolute Gasteiger partial charge is 0.463 e. The summed E-state index contributed by atoms with van der Waals surface area (Å²) in [6, 6.07) is 22.2. The predicted molar refractivity (Wildman–Crippen MR) is 119 cm³/mol. The number of nitrogens with zero attached hydrogens (tertiary/aromatic N) is 1. The Labute approximate surface area is 182 Å². The lowest BCUT2D eigenvalue weighted by molar-refractivity contribution is -0.129. The molecule has 0 radical (unpaired) electrons.